The molecule has 0 unspecified atom stereocenters. The molecular formula is C28H28N6O. The highest BCUT2D eigenvalue weighted by Gasteiger charge is 2.26. The number of hydrogen-bond donors (Lipinski definition) is 2. The summed E-state index contributed by atoms with van der Waals surface area (Å²) in [5, 5.41) is 18.2. The van der Waals surface area contributed by atoms with Crippen LogP contribution in [0.25, 0.3) is 22.2 Å². The molecule has 0 spiro atoms. The molecule has 7 heteroatoms. The third-order valence-electron chi connectivity index (χ3n) is 7.23. The number of nitrogens with zero attached hydrogens (tertiary/aromatic N) is 4. The monoisotopic (exact) mass is 464 g/mol. The summed E-state index contributed by atoms with van der Waals surface area (Å²) in [6.07, 6.45) is 8.25. The summed E-state index contributed by atoms with van der Waals surface area (Å²) in [4.78, 5) is 18.7. The topological polar surface area (TPSA) is 89.7 Å². The molecule has 6 rings (SSSR count). The van der Waals surface area contributed by atoms with Crippen molar-refractivity contribution in [3.63, 3.8) is 0 Å². The Hall–Kier alpha value is -4.05. The largest absolute Gasteiger partial charge is 0.369 e. The predicted molar refractivity (Wildman–Crippen MR) is 136 cm³/mol. The maximum atomic E-state index is 12.9. The second kappa shape index (κ2) is 8.62. The number of aryl methyl sites for hydroxylation is 1. The molecule has 2 fully saturated rings. The van der Waals surface area contributed by atoms with Crippen LogP contribution >= 0.6 is 0 Å². The number of nitriles is 1. The van der Waals surface area contributed by atoms with Gasteiger partial charge in [0.2, 0.25) is 0 Å². The average Bonchev–Trinajstić information content (AvgIpc) is 3.49. The average molecular weight is 465 g/mol. The molecule has 176 valence electrons. The fourth-order valence-corrected chi connectivity index (χ4v) is 5.19. The third kappa shape index (κ3) is 4.17. The summed E-state index contributed by atoms with van der Waals surface area (Å²) in [5.41, 5.74) is 6.52. The van der Waals surface area contributed by atoms with Crippen LogP contribution < -0.4 is 10.2 Å². The maximum absolute atomic E-state index is 12.9. The highest BCUT2D eigenvalue weighted by molar-refractivity contribution is 5.99. The molecule has 1 atom stereocenters. The van der Waals surface area contributed by atoms with E-state index in [9.17, 15) is 10.1 Å². The van der Waals surface area contributed by atoms with Gasteiger partial charge in [-0.15, -0.1) is 0 Å². The molecule has 0 radical (unpaired) electrons. The van der Waals surface area contributed by atoms with E-state index < -0.39 is 0 Å². The van der Waals surface area contributed by atoms with Gasteiger partial charge in [-0.05, 0) is 67.5 Å². The highest BCUT2D eigenvalue weighted by atomic mass is 16.1. The Kier molecular flexibility index (Phi) is 5.29. The van der Waals surface area contributed by atoms with Gasteiger partial charge in [0.15, 0.2) is 0 Å². The molecule has 2 aromatic heterocycles. The molecule has 4 aromatic rings. The Morgan fingerprint density at radius 2 is 2.00 bits per heavy atom. The lowest BCUT2D eigenvalue weighted by molar-refractivity contribution is 0.0933. The number of aromatic nitrogens is 3. The summed E-state index contributed by atoms with van der Waals surface area (Å²) in [5.74, 6) is 0.681. The van der Waals surface area contributed by atoms with Gasteiger partial charge in [-0.1, -0.05) is 12.1 Å². The van der Waals surface area contributed by atoms with Crippen molar-refractivity contribution in [1.29, 1.82) is 5.26 Å². The van der Waals surface area contributed by atoms with Crippen molar-refractivity contribution < 1.29 is 4.79 Å². The van der Waals surface area contributed by atoms with Crippen LogP contribution in [0, 0.1) is 11.3 Å². The summed E-state index contributed by atoms with van der Waals surface area (Å²) in [6, 6.07) is 16.5. The molecule has 2 aromatic carbocycles. The normalized spacial score (nSPS) is 17.9. The molecule has 1 saturated carbocycles. The van der Waals surface area contributed by atoms with Crippen LogP contribution in [0.2, 0.25) is 0 Å². The van der Waals surface area contributed by atoms with Gasteiger partial charge >= 0.3 is 0 Å². The Labute approximate surface area is 204 Å². The number of carbonyl (C=O) groups excluding carboxylic acids is 1. The Morgan fingerprint density at radius 1 is 1.17 bits per heavy atom. The number of fused-ring (bicyclic) bond motifs is 1. The quantitative estimate of drug-likeness (QED) is 0.447. The van der Waals surface area contributed by atoms with Gasteiger partial charge in [0.1, 0.15) is 6.07 Å². The van der Waals surface area contributed by atoms with Crippen LogP contribution in [0.4, 0.5) is 5.69 Å². The molecule has 1 aliphatic heterocycles. The molecule has 1 aliphatic carbocycles. The molecule has 35 heavy (non-hydrogen) atoms. The summed E-state index contributed by atoms with van der Waals surface area (Å²) < 4.78 is 1.77. The van der Waals surface area contributed by atoms with Crippen molar-refractivity contribution in [2.75, 3.05) is 18.0 Å². The van der Waals surface area contributed by atoms with Crippen molar-refractivity contribution in [3.8, 4) is 17.3 Å². The standard InChI is InChI=1S/C28H28N6O/c1-33-16-22(15-30-33)25-13-24-26(11-10-21(14-29)27(24)32-25)34-12-2-3-23(17-34)31-28(35)20-8-6-19(7-9-20)18-4-5-18/h6-11,13,15-16,18,23,32H,2-5,12,17H2,1H3,(H,31,35)/t23-/m1/s1. The van der Waals surface area contributed by atoms with Gasteiger partial charge in [0.05, 0.1) is 17.3 Å². The number of anilines is 1. The van der Waals surface area contributed by atoms with Gasteiger partial charge in [0, 0.05) is 60.3 Å². The first-order valence-corrected chi connectivity index (χ1v) is 12.3. The van der Waals surface area contributed by atoms with Gasteiger partial charge in [-0.2, -0.15) is 10.4 Å². The SMILES string of the molecule is Cn1cc(-c2cc3c(N4CCC[C@@H](NC(=O)c5ccc(C6CC6)cc5)C4)ccc(C#N)c3[nH]2)cn1. The Morgan fingerprint density at radius 3 is 2.71 bits per heavy atom. The summed E-state index contributed by atoms with van der Waals surface area (Å²) in [6.45, 7) is 1.65. The van der Waals surface area contributed by atoms with Crippen molar-refractivity contribution in [1.82, 2.24) is 20.1 Å². The molecular weight excluding hydrogens is 436 g/mol. The van der Waals surface area contributed by atoms with E-state index in [-0.39, 0.29) is 11.9 Å². The lowest BCUT2D eigenvalue weighted by atomic mass is 10.0. The molecule has 2 N–H and O–H groups in total. The van der Waals surface area contributed by atoms with Gasteiger partial charge < -0.3 is 15.2 Å². The molecule has 3 heterocycles. The third-order valence-corrected chi connectivity index (χ3v) is 7.23. The Bertz CT molecular complexity index is 1440. The fraction of sp³-hybridized carbons (Fsp3) is 0.321. The van der Waals surface area contributed by atoms with Crippen LogP contribution in [-0.4, -0.2) is 39.8 Å². The van der Waals surface area contributed by atoms with E-state index in [0.717, 1.165) is 59.3 Å². The van der Waals surface area contributed by atoms with Gasteiger partial charge in [-0.3, -0.25) is 9.48 Å². The van der Waals surface area contributed by atoms with Crippen LogP contribution in [0.3, 0.4) is 0 Å². The van der Waals surface area contributed by atoms with Crippen molar-refractivity contribution >= 4 is 22.5 Å². The zero-order valence-electron chi connectivity index (χ0n) is 19.8. The summed E-state index contributed by atoms with van der Waals surface area (Å²) in [7, 11) is 1.89. The van der Waals surface area contributed by atoms with E-state index in [1.165, 1.54) is 18.4 Å². The number of piperidine rings is 1. The van der Waals surface area contributed by atoms with Gasteiger partial charge in [-0.25, -0.2) is 0 Å². The molecule has 2 aliphatic rings. The van der Waals surface area contributed by atoms with Crippen LogP contribution in [0.1, 0.15) is 53.1 Å². The van der Waals surface area contributed by atoms with E-state index in [1.54, 1.807) is 4.68 Å². The number of H-pyrrole nitrogens is 1. The van der Waals surface area contributed by atoms with Crippen molar-refractivity contribution in [3.05, 3.63) is 71.5 Å². The number of aromatic amines is 1. The first-order chi connectivity index (χ1) is 17.1. The van der Waals surface area contributed by atoms with E-state index >= 15 is 0 Å². The fourth-order valence-electron chi connectivity index (χ4n) is 5.19. The molecule has 0 bridgehead atoms. The number of amides is 1. The van der Waals surface area contributed by atoms with Crippen LogP contribution in [0.15, 0.2) is 54.9 Å². The van der Waals surface area contributed by atoms with E-state index in [2.05, 4.69) is 44.6 Å². The molecule has 1 amide bonds. The maximum Gasteiger partial charge on any atom is 0.251 e. The van der Waals surface area contributed by atoms with Crippen LogP contribution in [0.5, 0.6) is 0 Å². The first kappa shape index (κ1) is 21.5. The highest BCUT2D eigenvalue weighted by Crippen LogP contribution is 2.40. The Balaban J connectivity index is 1.23. The molecule has 7 nitrogen and oxygen atoms in total. The minimum atomic E-state index is -0.00955. The van der Waals surface area contributed by atoms with Crippen molar-refractivity contribution in [2.24, 2.45) is 7.05 Å². The van der Waals surface area contributed by atoms with E-state index in [1.807, 2.05) is 43.7 Å². The zero-order valence-corrected chi connectivity index (χ0v) is 19.8. The lowest BCUT2D eigenvalue weighted by Crippen LogP contribution is -2.47. The van der Waals surface area contributed by atoms with Crippen LogP contribution in [-0.2, 0) is 7.05 Å². The van der Waals surface area contributed by atoms with Crippen molar-refractivity contribution in [2.45, 2.75) is 37.6 Å². The number of benzene rings is 2. The lowest BCUT2D eigenvalue weighted by Gasteiger charge is -2.35. The number of carbonyl (C=O) groups is 1. The second-order valence-electron chi connectivity index (χ2n) is 9.77. The zero-order chi connectivity index (χ0) is 23.9. The smallest absolute Gasteiger partial charge is 0.251 e. The minimum Gasteiger partial charge on any atom is -0.369 e. The number of hydrogen-bond acceptors (Lipinski definition) is 4. The first-order valence-electron chi connectivity index (χ1n) is 12.3. The van der Waals surface area contributed by atoms with Gasteiger partial charge in [0.25, 0.3) is 5.91 Å². The van der Waals surface area contributed by atoms with E-state index in [4.69, 9.17) is 0 Å². The number of nitrogens with one attached hydrogen (secondary N) is 2. The second-order valence-corrected chi connectivity index (χ2v) is 9.77. The number of rotatable bonds is 5. The van der Waals surface area contributed by atoms with E-state index in [0.29, 0.717) is 11.5 Å². The molecule has 1 saturated heterocycles. The predicted octanol–water partition coefficient (Wildman–Crippen LogP) is 4.72. The summed E-state index contributed by atoms with van der Waals surface area (Å²) >= 11 is 0. The minimum absolute atomic E-state index is 0.00955.